The SMILES string of the molecule is CCOC(=O)CSc1cnc(NC(=O)N(C2CCCCC2)C2CCC(C)CC2)s1. The van der Waals surface area contributed by atoms with Crippen molar-refractivity contribution in [2.24, 2.45) is 5.92 Å². The molecule has 0 unspecified atom stereocenters. The second-order valence-electron chi connectivity index (χ2n) is 8.12. The van der Waals surface area contributed by atoms with Gasteiger partial charge in [-0.25, -0.2) is 9.78 Å². The molecule has 0 aromatic carbocycles. The van der Waals surface area contributed by atoms with Gasteiger partial charge in [-0.05, 0) is 51.4 Å². The van der Waals surface area contributed by atoms with Gasteiger partial charge < -0.3 is 9.64 Å². The molecule has 2 saturated carbocycles. The Morgan fingerprint density at radius 3 is 2.55 bits per heavy atom. The van der Waals surface area contributed by atoms with Gasteiger partial charge in [0, 0.05) is 12.1 Å². The minimum Gasteiger partial charge on any atom is -0.465 e. The van der Waals surface area contributed by atoms with Crippen LogP contribution in [0, 0.1) is 5.92 Å². The van der Waals surface area contributed by atoms with E-state index in [1.54, 1.807) is 13.1 Å². The van der Waals surface area contributed by atoms with Gasteiger partial charge in [-0.3, -0.25) is 10.1 Å². The van der Waals surface area contributed by atoms with Crippen molar-refractivity contribution in [1.82, 2.24) is 9.88 Å². The van der Waals surface area contributed by atoms with Gasteiger partial charge in [0.2, 0.25) is 0 Å². The monoisotopic (exact) mass is 439 g/mol. The average molecular weight is 440 g/mol. The predicted octanol–water partition coefficient (Wildman–Crippen LogP) is 5.54. The Morgan fingerprint density at radius 1 is 1.17 bits per heavy atom. The van der Waals surface area contributed by atoms with E-state index in [1.165, 1.54) is 55.2 Å². The lowest BCUT2D eigenvalue weighted by molar-refractivity contribution is -0.139. The second-order valence-corrected chi connectivity index (χ2v) is 10.4. The summed E-state index contributed by atoms with van der Waals surface area (Å²) in [5, 5.41) is 3.65. The van der Waals surface area contributed by atoms with Crippen LogP contribution in [0.15, 0.2) is 10.4 Å². The fourth-order valence-electron chi connectivity index (χ4n) is 4.38. The van der Waals surface area contributed by atoms with Gasteiger partial charge in [-0.1, -0.05) is 37.5 Å². The van der Waals surface area contributed by atoms with Crippen molar-refractivity contribution < 1.29 is 14.3 Å². The maximum Gasteiger partial charge on any atom is 0.324 e. The third-order valence-corrected chi connectivity index (χ3v) is 8.00. The van der Waals surface area contributed by atoms with Crippen LogP contribution >= 0.6 is 23.1 Å². The van der Waals surface area contributed by atoms with Crippen molar-refractivity contribution in [3.63, 3.8) is 0 Å². The van der Waals surface area contributed by atoms with Crippen LogP contribution < -0.4 is 5.32 Å². The number of carbonyl (C=O) groups is 2. The van der Waals surface area contributed by atoms with Crippen LogP contribution in [-0.4, -0.2) is 46.3 Å². The number of urea groups is 1. The zero-order valence-electron chi connectivity index (χ0n) is 17.5. The van der Waals surface area contributed by atoms with Crippen LogP contribution in [0.1, 0.15) is 71.6 Å². The van der Waals surface area contributed by atoms with E-state index in [0.29, 0.717) is 23.8 Å². The zero-order chi connectivity index (χ0) is 20.6. The molecule has 1 N–H and O–H groups in total. The van der Waals surface area contributed by atoms with Gasteiger partial charge in [0.1, 0.15) is 0 Å². The molecule has 2 aliphatic rings. The molecule has 1 aromatic rings. The molecule has 2 amide bonds. The van der Waals surface area contributed by atoms with Crippen LogP contribution in [0.2, 0.25) is 0 Å². The summed E-state index contributed by atoms with van der Waals surface area (Å²) in [5.74, 6) is 0.796. The minimum atomic E-state index is -0.230. The number of ether oxygens (including phenoxy) is 1. The smallest absolute Gasteiger partial charge is 0.324 e. The van der Waals surface area contributed by atoms with Crippen molar-refractivity contribution in [2.45, 2.75) is 87.9 Å². The van der Waals surface area contributed by atoms with Crippen molar-refractivity contribution in [3.8, 4) is 0 Å². The molecule has 1 heterocycles. The van der Waals surface area contributed by atoms with Gasteiger partial charge in [0.05, 0.1) is 22.8 Å². The number of carbonyl (C=O) groups excluding carboxylic acids is 2. The van der Waals surface area contributed by atoms with Gasteiger partial charge in [-0.2, -0.15) is 0 Å². The van der Waals surface area contributed by atoms with E-state index < -0.39 is 0 Å². The number of rotatable bonds is 7. The maximum absolute atomic E-state index is 13.3. The molecular formula is C21H33N3O3S2. The molecule has 2 aliphatic carbocycles. The molecule has 0 bridgehead atoms. The van der Waals surface area contributed by atoms with E-state index in [1.807, 2.05) is 0 Å². The Hall–Kier alpha value is -1.28. The number of thioether (sulfide) groups is 1. The van der Waals surface area contributed by atoms with Crippen LogP contribution in [0.3, 0.4) is 0 Å². The predicted molar refractivity (Wildman–Crippen MR) is 119 cm³/mol. The standard InChI is InChI=1S/C21H33N3O3S2/c1-3-27-18(25)14-28-19-13-22-20(29-19)23-21(26)24(16-7-5-4-6-8-16)17-11-9-15(2)10-12-17/h13,15-17H,3-12,14H2,1-2H3,(H,22,23,26). The number of hydrogen-bond donors (Lipinski definition) is 1. The van der Waals surface area contributed by atoms with Crippen molar-refractivity contribution in [2.75, 3.05) is 17.7 Å². The zero-order valence-corrected chi connectivity index (χ0v) is 19.2. The molecule has 0 radical (unpaired) electrons. The number of nitrogens with one attached hydrogen (secondary N) is 1. The topological polar surface area (TPSA) is 71.5 Å². The van der Waals surface area contributed by atoms with Crippen LogP contribution in [0.5, 0.6) is 0 Å². The number of nitrogens with zero attached hydrogens (tertiary/aromatic N) is 2. The molecule has 3 rings (SSSR count). The van der Waals surface area contributed by atoms with Crippen LogP contribution in [-0.2, 0) is 9.53 Å². The first-order valence-electron chi connectivity index (χ1n) is 10.9. The molecule has 0 atom stereocenters. The molecule has 0 spiro atoms. The molecule has 0 saturated heterocycles. The first-order chi connectivity index (χ1) is 14.1. The first-order valence-corrected chi connectivity index (χ1v) is 12.7. The first kappa shape index (κ1) is 22.4. The van der Waals surface area contributed by atoms with Crippen molar-refractivity contribution >= 4 is 40.2 Å². The number of aromatic nitrogens is 1. The third-order valence-electron chi connectivity index (χ3n) is 5.92. The normalized spacial score (nSPS) is 22.8. The molecule has 0 aliphatic heterocycles. The van der Waals surface area contributed by atoms with Gasteiger partial charge in [0.15, 0.2) is 5.13 Å². The molecule has 1 aromatic heterocycles. The highest BCUT2D eigenvalue weighted by molar-refractivity contribution is 8.01. The fraction of sp³-hybridized carbons (Fsp3) is 0.762. The summed E-state index contributed by atoms with van der Waals surface area (Å²) in [5.41, 5.74) is 0. The number of thiazole rings is 1. The molecule has 162 valence electrons. The fourth-order valence-corrected chi connectivity index (χ4v) is 6.04. The lowest BCUT2D eigenvalue weighted by Gasteiger charge is -2.42. The Bertz CT molecular complexity index is 668. The van der Waals surface area contributed by atoms with E-state index in [-0.39, 0.29) is 17.8 Å². The van der Waals surface area contributed by atoms with Crippen molar-refractivity contribution in [1.29, 1.82) is 0 Å². The van der Waals surface area contributed by atoms with Gasteiger partial charge in [-0.15, -0.1) is 11.8 Å². The summed E-state index contributed by atoms with van der Waals surface area (Å²) in [6.45, 7) is 4.50. The Kier molecular flexibility index (Phi) is 8.66. The van der Waals surface area contributed by atoms with E-state index in [0.717, 1.165) is 35.8 Å². The molecule has 29 heavy (non-hydrogen) atoms. The van der Waals surface area contributed by atoms with Crippen LogP contribution in [0.25, 0.3) is 0 Å². The highest BCUT2D eigenvalue weighted by Crippen LogP contribution is 2.34. The summed E-state index contributed by atoms with van der Waals surface area (Å²) in [4.78, 5) is 31.3. The van der Waals surface area contributed by atoms with Gasteiger partial charge in [0.25, 0.3) is 0 Å². The summed E-state index contributed by atoms with van der Waals surface area (Å²) in [6.07, 6.45) is 12.2. The highest BCUT2D eigenvalue weighted by atomic mass is 32.2. The van der Waals surface area contributed by atoms with Gasteiger partial charge >= 0.3 is 12.0 Å². The van der Waals surface area contributed by atoms with E-state index in [4.69, 9.17) is 4.74 Å². The quantitative estimate of drug-likeness (QED) is 0.446. The van der Waals surface area contributed by atoms with Crippen molar-refractivity contribution in [3.05, 3.63) is 6.20 Å². The van der Waals surface area contributed by atoms with E-state index in [9.17, 15) is 9.59 Å². The minimum absolute atomic E-state index is 0.00672. The Balaban J connectivity index is 1.61. The largest absolute Gasteiger partial charge is 0.465 e. The number of amides is 2. The number of hydrogen-bond acceptors (Lipinski definition) is 6. The molecular weight excluding hydrogens is 406 g/mol. The Labute approximate surface area is 182 Å². The number of esters is 1. The third kappa shape index (κ3) is 6.60. The van der Waals surface area contributed by atoms with Crippen LogP contribution in [0.4, 0.5) is 9.93 Å². The molecule has 6 nitrogen and oxygen atoms in total. The summed E-state index contributed by atoms with van der Waals surface area (Å²) in [7, 11) is 0. The second kappa shape index (κ2) is 11.2. The summed E-state index contributed by atoms with van der Waals surface area (Å²) in [6, 6.07) is 0.680. The average Bonchev–Trinajstić information content (AvgIpc) is 3.16. The highest BCUT2D eigenvalue weighted by Gasteiger charge is 2.34. The lowest BCUT2D eigenvalue weighted by Crippen LogP contribution is -2.51. The summed E-state index contributed by atoms with van der Waals surface area (Å²) < 4.78 is 5.86. The molecule has 2 fully saturated rings. The summed E-state index contributed by atoms with van der Waals surface area (Å²) >= 11 is 2.82. The molecule has 8 heteroatoms. The van der Waals surface area contributed by atoms with E-state index >= 15 is 0 Å². The maximum atomic E-state index is 13.3. The number of anilines is 1. The Morgan fingerprint density at radius 2 is 1.86 bits per heavy atom. The van der Waals surface area contributed by atoms with E-state index in [2.05, 4.69) is 22.1 Å². The lowest BCUT2D eigenvalue weighted by atomic mass is 9.84.